The highest BCUT2D eigenvalue weighted by molar-refractivity contribution is 5.22. The van der Waals surface area contributed by atoms with E-state index in [1.54, 1.807) is 13.0 Å². The molecule has 14 heavy (non-hydrogen) atoms. The number of rotatable bonds is 2. The first-order valence-electron chi connectivity index (χ1n) is 4.49. The standard InChI is InChI=1S/C12H12F2/c1-3-4-5-9(2)10-6-7-11(13)12(14)8-10/h6-9H,5H2,1-2H3. The molecule has 0 radical (unpaired) electrons. The van der Waals surface area contributed by atoms with Gasteiger partial charge in [0.05, 0.1) is 0 Å². The van der Waals surface area contributed by atoms with Gasteiger partial charge in [-0.15, -0.1) is 11.8 Å². The fourth-order valence-electron chi connectivity index (χ4n) is 1.19. The summed E-state index contributed by atoms with van der Waals surface area (Å²) < 4.78 is 25.5. The van der Waals surface area contributed by atoms with Crippen molar-refractivity contribution >= 4 is 0 Å². The van der Waals surface area contributed by atoms with Crippen LogP contribution in [0.15, 0.2) is 18.2 Å². The molecule has 0 amide bonds. The van der Waals surface area contributed by atoms with Gasteiger partial charge < -0.3 is 0 Å². The highest BCUT2D eigenvalue weighted by Crippen LogP contribution is 2.20. The van der Waals surface area contributed by atoms with Crippen LogP contribution in [0, 0.1) is 23.5 Å². The molecule has 0 bridgehead atoms. The minimum atomic E-state index is -0.803. The Kier molecular flexibility index (Phi) is 3.64. The van der Waals surface area contributed by atoms with Gasteiger partial charge in [-0.2, -0.15) is 0 Å². The van der Waals surface area contributed by atoms with Crippen LogP contribution in [-0.2, 0) is 0 Å². The Morgan fingerprint density at radius 1 is 1.29 bits per heavy atom. The molecule has 0 heterocycles. The maximum atomic E-state index is 12.9. The minimum absolute atomic E-state index is 0.137. The summed E-state index contributed by atoms with van der Waals surface area (Å²) in [6.45, 7) is 3.70. The van der Waals surface area contributed by atoms with Crippen molar-refractivity contribution in [3.63, 3.8) is 0 Å². The molecule has 0 fully saturated rings. The fraction of sp³-hybridized carbons (Fsp3) is 0.333. The zero-order chi connectivity index (χ0) is 10.6. The molecule has 0 spiro atoms. The maximum absolute atomic E-state index is 12.9. The summed E-state index contributed by atoms with van der Waals surface area (Å²) in [5.74, 6) is 4.23. The van der Waals surface area contributed by atoms with Gasteiger partial charge in [0.1, 0.15) is 0 Å². The van der Waals surface area contributed by atoms with E-state index in [4.69, 9.17) is 0 Å². The largest absolute Gasteiger partial charge is 0.204 e. The summed E-state index contributed by atoms with van der Waals surface area (Å²) in [6, 6.07) is 3.98. The first kappa shape index (κ1) is 10.7. The van der Waals surface area contributed by atoms with Gasteiger partial charge in [-0.25, -0.2) is 8.78 Å². The average molecular weight is 194 g/mol. The average Bonchev–Trinajstić information content (AvgIpc) is 2.18. The Morgan fingerprint density at radius 2 is 2.00 bits per heavy atom. The summed E-state index contributed by atoms with van der Waals surface area (Å²) in [5, 5.41) is 0. The van der Waals surface area contributed by atoms with Crippen LogP contribution < -0.4 is 0 Å². The molecule has 2 heteroatoms. The summed E-state index contributed by atoms with van der Waals surface area (Å²) in [5.41, 5.74) is 0.784. The zero-order valence-electron chi connectivity index (χ0n) is 8.27. The Balaban J connectivity index is 2.83. The van der Waals surface area contributed by atoms with Crippen LogP contribution in [0.3, 0.4) is 0 Å². The quantitative estimate of drug-likeness (QED) is 0.632. The molecule has 0 N–H and O–H groups in total. The molecule has 0 aliphatic heterocycles. The number of benzene rings is 1. The number of hydrogen-bond donors (Lipinski definition) is 0. The van der Waals surface area contributed by atoms with E-state index in [1.807, 2.05) is 6.92 Å². The first-order chi connectivity index (χ1) is 6.65. The zero-order valence-corrected chi connectivity index (χ0v) is 8.27. The second-order valence-corrected chi connectivity index (χ2v) is 3.21. The molecule has 0 saturated heterocycles. The predicted octanol–water partition coefficient (Wildman–Crippen LogP) is 3.48. The third kappa shape index (κ3) is 2.56. The summed E-state index contributed by atoms with van der Waals surface area (Å²) in [7, 11) is 0. The first-order valence-corrected chi connectivity index (χ1v) is 4.49. The summed E-state index contributed by atoms with van der Waals surface area (Å²) >= 11 is 0. The Labute approximate surface area is 83.0 Å². The van der Waals surface area contributed by atoms with E-state index in [0.29, 0.717) is 6.42 Å². The molecule has 0 aliphatic rings. The highest BCUT2D eigenvalue weighted by Gasteiger charge is 2.07. The fourth-order valence-corrected chi connectivity index (χ4v) is 1.19. The molecule has 1 rings (SSSR count). The number of halogens is 2. The lowest BCUT2D eigenvalue weighted by molar-refractivity contribution is 0.506. The van der Waals surface area contributed by atoms with E-state index in [9.17, 15) is 8.78 Å². The lowest BCUT2D eigenvalue weighted by Crippen LogP contribution is -1.94. The Hall–Kier alpha value is -1.36. The van der Waals surface area contributed by atoms with Crippen molar-refractivity contribution < 1.29 is 8.78 Å². The molecule has 1 atom stereocenters. The Morgan fingerprint density at radius 3 is 2.57 bits per heavy atom. The molecule has 0 aliphatic carbocycles. The van der Waals surface area contributed by atoms with Crippen molar-refractivity contribution in [3.8, 4) is 11.8 Å². The van der Waals surface area contributed by atoms with E-state index < -0.39 is 11.6 Å². The molecular weight excluding hydrogens is 182 g/mol. The van der Waals surface area contributed by atoms with Crippen LogP contribution in [0.4, 0.5) is 8.78 Å². The predicted molar refractivity (Wildman–Crippen MR) is 52.8 cm³/mol. The highest BCUT2D eigenvalue weighted by atomic mass is 19.2. The van der Waals surface area contributed by atoms with Crippen molar-refractivity contribution in [1.29, 1.82) is 0 Å². The molecule has 0 aromatic heterocycles. The second kappa shape index (κ2) is 4.76. The second-order valence-electron chi connectivity index (χ2n) is 3.21. The lowest BCUT2D eigenvalue weighted by atomic mass is 9.98. The van der Waals surface area contributed by atoms with E-state index in [0.717, 1.165) is 11.6 Å². The molecule has 0 nitrogen and oxygen atoms in total. The molecule has 1 unspecified atom stereocenters. The number of hydrogen-bond acceptors (Lipinski definition) is 0. The Bertz CT molecular complexity index is 372. The van der Waals surface area contributed by atoms with E-state index >= 15 is 0 Å². The van der Waals surface area contributed by atoms with Crippen LogP contribution in [-0.4, -0.2) is 0 Å². The SMILES string of the molecule is CC#CCC(C)c1ccc(F)c(F)c1. The van der Waals surface area contributed by atoms with E-state index in [2.05, 4.69) is 11.8 Å². The minimum Gasteiger partial charge on any atom is -0.204 e. The topological polar surface area (TPSA) is 0 Å². The summed E-state index contributed by atoms with van der Waals surface area (Å²) in [6.07, 6.45) is 0.668. The van der Waals surface area contributed by atoms with Crippen molar-refractivity contribution in [3.05, 3.63) is 35.4 Å². The van der Waals surface area contributed by atoms with Crippen molar-refractivity contribution in [2.75, 3.05) is 0 Å². The van der Waals surface area contributed by atoms with Gasteiger partial charge in [0.2, 0.25) is 0 Å². The van der Waals surface area contributed by atoms with Crippen LogP contribution in [0.2, 0.25) is 0 Å². The van der Waals surface area contributed by atoms with Gasteiger partial charge in [-0.1, -0.05) is 13.0 Å². The molecule has 1 aromatic carbocycles. The van der Waals surface area contributed by atoms with Crippen LogP contribution in [0.1, 0.15) is 31.7 Å². The van der Waals surface area contributed by atoms with E-state index in [-0.39, 0.29) is 5.92 Å². The molecule has 0 saturated carbocycles. The van der Waals surface area contributed by atoms with Crippen molar-refractivity contribution in [2.45, 2.75) is 26.2 Å². The van der Waals surface area contributed by atoms with E-state index in [1.165, 1.54) is 6.07 Å². The third-order valence-corrected chi connectivity index (χ3v) is 2.10. The smallest absolute Gasteiger partial charge is 0.159 e. The summed E-state index contributed by atoms with van der Waals surface area (Å²) in [4.78, 5) is 0. The molecule has 1 aromatic rings. The van der Waals surface area contributed by atoms with Crippen LogP contribution >= 0.6 is 0 Å². The van der Waals surface area contributed by atoms with Crippen molar-refractivity contribution in [2.24, 2.45) is 0 Å². The van der Waals surface area contributed by atoms with Crippen LogP contribution in [0.5, 0.6) is 0 Å². The van der Waals surface area contributed by atoms with Crippen molar-refractivity contribution in [1.82, 2.24) is 0 Å². The van der Waals surface area contributed by atoms with Gasteiger partial charge in [-0.05, 0) is 30.5 Å². The van der Waals surface area contributed by atoms with Gasteiger partial charge in [-0.3, -0.25) is 0 Å². The van der Waals surface area contributed by atoms with Crippen LogP contribution in [0.25, 0.3) is 0 Å². The third-order valence-electron chi connectivity index (χ3n) is 2.10. The van der Waals surface area contributed by atoms with Gasteiger partial charge in [0.15, 0.2) is 11.6 Å². The molecular formula is C12H12F2. The maximum Gasteiger partial charge on any atom is 0.159 e. The van der Waals surface area contributed by atoms with Gasteiger partial charge in [0, 0.05) is 6.42 Å². The lowest BCUT2D eigenvalue weighted by Gasteiger charge is -2.07. The van der Waals surface area contributed by atoms with Gasteiger partial charge >= 0.3 is 0 Å². The van der Waals surface area contributed by atoms with Gasteiger partial charge in [0.25, 0.3) is 0 Å². The normalized spacial score (nSPS) is 11.7. The monoisotopic (exact) mass is 194 g/mol. The molecule has 74 valence electrons.